The van der Waals surface area contributed by atoms with E-state index in [1.807, 2.05) is 0 Å². The van der Waals surface area contributed by atoms with Gasteiger partial charge in [0, 0.05) is 20.1 Å². The summed E-state index contributed by atoms with van der Waals surface area (Å²) in [6, 6.07) is 0. The molecular weight excluding hydrogens is 270 g/mol. The van der Waals surface area contributed by atoms with E-state index in [9.17, 15) is 9.59 Å². The maximum atomic E-state index is 12.4. The molecule has 1 aliphatic heterocycles. The Morgan fingerprint density at radius 3 is 2.68 bits per heavy atom. The number of hydrogen-bond donors (Lipinski definition) is 1. The van der Waals surface area contributed by atoms with Crippen molar-refractivity contribution in [1.82, 2.24) is 14.7 Å². The Labute approximate surface area is 115 Å². The van der Waals surface area contributed by atoms with Crippen molar-refractivity contribution < 1.29 is 14.7 Å². The quantitative estimate of drug-likeness (QED) is 0.889. The molecule has 1 aliphatic rings. The first-order valence-corrected chi connectivity index (χ1v) is 6.50. The zero-order valence-electron chi connectivity index (χ0n) is 10.9. The highest BCUT2D eigenvalue weighted by Crippen LogP contribution is 2.24. The van der Waals surface area contributed by atoms with Crippen LogP contribution in [0.25, 0.3) is 0 Å². The van der Waals surface area contributed by atoms with Gasteiger partial charge in [0.05, 0.1) is 17.2 Å². The van der Waals surface area contributed by atoms with Gasteiger partial charge in [0.2, 0.25) is 0 Å². The summed E-state index contributed by atoms with van der Waals surface area (Å²) in [5.41, 5.74) is 0.935. The predicted molar refractivity (Wildman–Crippen MR) is 69.2 cm³/mol. The summed E-state index contributed by atoms with van der Waals surface area (Å²) >= 11 is 6.06. The van der Waals surface area contributed by atoms with E-state index < -0.39 is 11.9 Å². The van der Waals surface area contributed by atoms with E-state index in [1.165, 1.54) is 4.68 Å². The van der Waals surface area contributed by atoms with Crippen LogP contribution in [0.3, 0.4) is 0 Å². The molecule has 1 N–H and O–H groups in total. The highest BCUT2D eigenvalue weighted by atomic mass is 35.5. The fourth-order valence-electron chi connectivity index (χ4n) is 2.39. The number of aliphatic carboxylic acids is 1. The molecule has 0 aliphatic carbocycles. The van der Waals surface area contributed by atoms with E-state index in [2.05, 4.69) is 5.10 Å². The number of amides is 1. The summed E-state index contributed by atoms with van der Waals surface area (Å²) < 4.78 is 1.45. The maximum absolute atomic E-state index is 12.4. The van der Waals surface area contributed by atoms with Gasteiger partial charge in [0.1, 0.15) is 5.15 Å². The van der Waals surface area contributed by atoms with E-state index >= 15 is 0 Å². The fraction of sp³-hybridized carbons (Fsp3) is 0.583. The standard InChI is InChI=1S/C12H16ClN3O3/c1-7-9(10(13)15(2)14-7)11(17)16-5-3-4-8(6-16)12(18)19/h8H,3-6H2,1-2H3,(H,18,19)/t8-/m1/s1. The van der Waals surface area contributed by atoms with Crippen LogP contribution in [-0.4, -0.2) is 44.8 Å². The Hall–Kier alpha value is -1.56. The predicted octanol–water partition coefficient (Wildman–Crippen LogP) is 1.32. The minimum Gasteiger partial charge on any atom is -0.481 e. The molecule has 0 saturated carbocycles. The van der Waals surface area contributed by atoms with Crippen molar-refractivity contribution in [1.29, 1.82) is 0 Å². The van der Waals surface area contributed by atoms with Crippen LogP contribution in [0.2, 0.25) is 5.15 Å². The lowest BCUT2D eigenvalue weighted by atomic mass is 9.98. The molecule has 1 amide bonds. The molecule has 0 unspecified atom stereocenters. The second-order valence-corrected chi connectivity index (χ2v) is 5.16. The zero-order valence-corrected chi connectivity index (χ0v) is 11.6. The Balaban J connectivity index is 2.22. The molecule has 19 heavy (non-hydrogen) atoms. The number of carbonyl (C=O) groups is 2. The molecule has 1 saturated heterocycles. The summed E-state index contributed by atoms with van der Waals surface area (Å²) in [5.74, 6) is -1.58. The minimum absolute atomic E-state index is 0.235. The summed E-state index contributed by atoms with van der Waals surface area (Å²) in [6.07, 6.45) is 1.30. The van der Waals surface area contributed by atoms with Crippen molar-refractivity contribution in [2.24, 2.45) is 13.0 Å². The largest absolute Gasteiger partial charge is 0.481 e. The number of nitrogens with zero attached hydrogens (tertiary/aromatic N) is 3. The van der Waals surface area contributed by atoms with Crippen molar-refractivity contribution in [3.05, 3.63) is 16.4 Å². The molecule has 1 aromatic heterocycles. The van der Waals surface area contributed by atoms with Crippen molar-refractivity contribution in [3.8, 4) is 0 Å². The molecular formula is C12H16ClN3O3. The van der Waals surface area contributed by atoms with E-state index in [0.717, 1.165) is 0 Å². The van der Waals surface area contributed by atoms with Gasteiger partial charge in [0.25, 0.3) is 5.91 Å². The Morgan fingerprint density at radius 1 is 1.47 bits per heavy atom. The number of likely N-dealkylation sites (tertiary alicyclic amines) is 1. The summed E-state index contributed by atoms with van der Waals surface area (Å²) in [6.45, 7) is 2.52. The van der Waals surface area contributed by atoms with Crippen LogP contribution >= 0.6 is 11.6 Å². The lowest BCUT2D eigenvalue weighted by Gasteiger charge is -2.30. The summed E-state index contributed by atoms with van der Waals surface area (Å²) in [5, 5.41) is 13.4. The van der Waals surface area contributed by atoms with Crippen LogP contribution in [-0.2, 0) is 11.8 Å². The van der Waals surface area contributed by atoms with Crippen molar-refractivity contribution in [2.45, 2.75) is 19.8 Å². The van der Waals surface area contributed by atoms with Crippen LogP contribution < -0.4 is 0 Å². The topological polar surface area (TPSA) is 75.4 Å². The van der Waals surface area contributed by atoms with Crippen LogP contribution in [0.4, 0.5) is 0 Å². The molecule has 6 nitrogen and oxygen atoms in total. The molecule has 0 aromatic carbocycles. The highest BCUT2D eigenvalue weighted by molar-refractivity contribution is 6.33. The molecule has 104 valence electrons. The number of carbonyl (C=O) groups excluding carboxylic acids is 1. The van der Waals surface area contributed by atoms with E-state index in [1.54, 1.807) is 18.9 Å². The van der Waals surface area contributed by atoms with Gasteiger partial charge in [-0.15, -0.1) is 0 Å². The molecule has 2 heterocycles. The molecule has 2 rings (SSSR count). The lowest BCUT2D eigenvalue weighted by Crippen LogP contribution is -2.42. The molecule has 7 heteroatoms. The monoisotopic (exact) mass is 285 g/mol. The second-order valence-electron chi connectivity index (χ2n) is 4.80. The molecule has 1 aromatic rings. The fourth-order valence-corrected chi connectivity index (χ4v) is 2.65. The van der Waals surface area contributed by atoms with Gasteiger partial charge in [-0.05, 0) is 19.8 Å². The van der Waals surface area contributed by atoms with Crippen LogP contribution in [0.1, 0.15) is 28.9 Å². The average Bonchev–Trinajstić information content (AvgIpc) is 2.62. The Kier molecular flexibility index (Phi) is 3.80. The van der Waals surface area contributed by atoms with Gasteiger partial charge in [-0.2, -0.15) is 5.10 Å². The molecule has 0 radical (unpaired) electrons. The van der Waals surface area contributed by atoms with Crippen molar-refractivity contribution in [2.75, 3.05) is 13.1 Å². The van der Waals surface area contributed by atoms with Crippen LogP contribution in [0.15, 0.2) is 0 Å². The normalized spacial score (nSPS) is 19.5. The van der Waals surface area contributed by atoms with E-state index in [0.29, 0.717) is 35.8 Å². The van der Waals surface area contributed by atoms with E-state index in [4.69, 9.17) is 16.7 Å². The average molecular weight is 286 g/mol. The number of piperidine rings is 1. The highest BCUT2D eigenvalue weighted by Gasteiger charge is 2.31. The van der Waals surface area contributed by atoms with Gasteiger partial charge < -0.3 is 10.0 Å². The Morgan fingerprint density at radius 2 is 2.16 bits per heavy atom. The molecule has 0 spiro atoms. The third-order valence-electron chi connectivity index (χ3n) is 3.42. The molecule has 0 bridgehead atoms. The van der Waals surface area contributed by atoms with E-state index in [-0.39, 0.29) is 12.5 Å². The zero-order chi connectivity index (χ0) is 14.2. The number of carboxylic acids is 1. The van der Waals surface area contributed by atoms with Gasteiger partial charge in [-0.1, -0.05) is 11.6 Å². The van der Waals surface area contributed by atoms with Crippen molar-refractivity contribution >= 4 is 23.5 Å². The van der Waals surface area contributed by atoms with Gasteiger partial charge in [-0.3, -0.25) is 14.3 Å². The number of aryl methyl sites for hydroxylation is 2. The first kappa shape index (κ1) is 13.9. The smallest absolute Gasteiger partial charge is 0.308 e. The number of aromatic nitrogens is 2. The van der Waals surface area contributed by atoms with Gasteiger partial charge in [-0.25, -0.2) is 0 Å². The number of hydrogen-bond acceptors (Lipinski definition) is 3. The summed E-state index contributed by atoms with van der Waals surface area (Å²) in [7, 11) is 1.67. The minimum atomic E-state index is -0.855. The SMILES string of the molecule is Cc1nn(C)c(Cl)c1C(=O)N1CCC[C@@H](C(=O)O)C1. The third-order valence-corrected chi connectivity index (χ3v) is 3.86. The first-order valence-electron chi connectivity index (χ1n) is 6.13. The maximum Gasteiger partial charge on any atom is 0.308 e. The van der Waals surface area contributed by atoms with Crippen LogP contribution in [0.5, 0.6) is 0 Å². The molecule has 1 fully saturated rings. The number of rotatable bonds is 2. The van der Waals surface area contributed by atoms with Crippen molar-refractivity contribution in [3.63, 3.8) is 0 Å². The molecule has 1 atom stereocenters. The third kappa shape index (κ3) is 2.58. The number of carboxylic acid groups (broad SMARTS) is 1. The number of halogens is 1. The van der Waals surface area contributed by atoms with Gasteiger partial charge in [0.15, 0.2) is 0 Å². The van der Waals surface area contributed by atoms with Crippen LogP contribution in [0, 0.1) is 12.8 Å². The van der Waals surface area contributed by atoms with Gasteiger partial charge >= 0.3 is 5.97 Å². The first-order chi connectivity index (χ1) is 8.91. The Bertz CT molecular complexity index is 527. The second kappa shape index (κ2) is 5.21. The lowest BCUT2D eigenvalue weighted by molar-refractivity contribution is -0.143. The summed E-state index contributed by atoms with van der Waals surface area (Å²) in [4.78, 5) is 25.0.